The van der Waals surface area contributed by atoms with E-state index in [9.17, 15) is 10.1 Å². The van der Waals surface area contributed by atoms with E-state index in [2.05, 4.69) is 15.2 Å². The Morgan fingerprint density at radius 1 is 1.28 bits per heavy atom. The molecule has 0 aromatic carbocycles. The van der Waals surface area contributed by atoms with Crippen molar-refractivity contribution < 1.29 is 4.92 Å². The molecule has 4 aromatic heterocycles. The minimum atomic E-state index is -0.425. The summed E-state index contributed by atoms with van der Waals surface area (Å²) in [6, 6.07) is 9.29. The molecular weight excluding hydrogens is 360 g/mol. The second-order valence-electron chi connectivity index (χ2n) is 5.24. The molecule has 0 atom stereocenters. The Hall–Kier alpha value is -2.72. The highest BCUT2D eigenvalue weighted by Gasteiger charge is 2.25. The van der Waals surface area contributed by atoms with Crippen LogP contribution in [0.1, 0.15) is 10.7 Å². The summed E-state index contributed by atoms with van der Waals surface area (Å²) in [5, 5.41) is 22.7. The second kappa shape index (κ2) is 6.30. The van der Waals surface area contributed by atoms with Crippen molar-refractivity contribution in [1.29, 1.82) is 0 Å². The number of imidazole rings is 1. The maximum atomic E-state index is 11.5. The summed E-state index contributed by atoms with van der Waals surface area (Å²) in [6.45, 7) is 0. The lowest BCUT2D eigenvalue weighted by molar-refractivity contribution is -0.393. The van der Waals surface area contributed by atoms with Gasteiger partial charge in [-0.1, -0.05) is 12.1 Å². The topological polar surface area (TPSA) is 91.2 Å². The Labute approximate surface area is 150 Å². The number of aromatic nitrogens is 5. The third kappa shape index (κ3) is 2.89. The number of nitro groups is 1. The lowest BCUT2D eigenvalue weighted by atomic mass is 10.3. The van der Waals surface area contributed by atoms with Crippen LogP contribution in [-0.2, 0) is 13.5 Å². The van der Waals surface area contributed by atoms with Crippen LogP contribution in [0, 0.1) is 10.1 Å². The molecule has 0 saturated carbocycles. The van der Waals surface area contributed by atoms with Crippen molar-refractivity contribution in [2.45, 2.75) is 16.6 Å². The van der Waals surface area contributed by atoms with Crippen molar-refractivity contribution in [3.63, 3.8) is 0 Å². The average molecular weight is 372 g/mol. The minimum Gasteiger partial charge on any atom is -0.358 e. The highest BCUT2D eigenvalue weighted by atomic mass is 32.2. The summed E-state index contributed by atoms with van der Waals surface area (Å²) in [7, 11) is 1.85. The summed E-state index contributed by atoms with van der Waals surface area (Å²) in [4.78, 5) is 16.6. The number of rotatable bonds is 5. The van der Waals surface area contributed by atoms with Crippen LogP contribution in [0.4, 0.5) is 5.82 Å². The van der Waals surface area contributed by atoms with Crippen LogP contribution in [0.3, 0.4) is 0 Å². The first-order chi connectivity index (χ1) is 12.1. The van der Waals surface area contributed by atoms with E-state index in [1.807, 2.05) is 29.1 Å². The van der Waals surface area contributed by atoms with E-state index >= 15 is 0 Å². The molecule has 0 amide bonds. The molecule has 0 aliphatic heterocycles. The van der Waals surface area contributed by atoms with Crippen LogP contribution in [0.25, 0.3) is 5.65 Å². The number of hydrogen-bond donors (Lipinski definition) is 0. The quantitative estimate of drug-likeness (QED) is 0.395. The van der Waals surface area contributed by atoms with Crippen LogP contribution in [0.5, 0.6) is 0 Å². The van der Waals surface area contributed by atoms with Gasteiger partial charge >= 0.3 is 5.82 Å². The fourth-order valence-electron chi connectivity index (χ4n) is 2.44. The Balaban J connectivity index is 1.69. The lowest BCUT2D eigenvalue weighted by Gasteiger charge is -2.01. The normalized spacial score (nSPS) is 11.2. The average Bonchev–Trinajstić information content (AvgIpc) is 3.30. The predicted octanol–water partition coefficient (Wildman–Crippen LogP) is 3.17. The summed E-state index contributed by atoms with van der Waals surface area (Å²) in [5.74, 6) is 0.736. The standard InChI is InChI=1S/C15H12N6O2S2/c1-19-12(9-10-5-4-8-24-10)17-18-15(19)25-13-14(21(22)23)20-7-3-2-6-11(20)16-13/h2-8H,9H2,1H3. The van der Waals surface area contributed by atoms with Gasteiger partial charge in [-0.25, -0.2) is 0 Å². The van der Waals surface area contributed by atoms with Crippen molar-refractivity contribution >= 4 is 34.6 Å². The fraction of sp³-hybridized carbons (Fsp3) is 0.133. The van der Waals surface area contributed by atoms with Crippen LogP contribution < -0.4 is 0 Å². The molecule has 4 rings (SSSR count). The second-order valence-corrected chi connectivity index (χ2v) is 7.23. The zero-order valence-corrected chi connectivity index (χ0v) is 14.7. The van der Waals surface area contributed by atoms with Crippen LogP contribution in [-0.4, -0.2) is 29.1 Å². The first-order valence-electron chi connectivity index (χ1n) is 7.33. The molecule has 0 fully saturated rings. The molecule has 4 aromatic rings. The van der Waals surface area contributed by atoms with Crippen molar-refractivity contribution in [3.8, 4) is 0 Å². The highest BCUT2D eigenvalue weighted by molar-refractivity contribution is 7.99. The molecule has 10 heteroatoms. The van der Waals surface area contributed by atoms with Gasteiger partial charge in [0.1, 0.15) is 5.82 Å². The van der Waals surface area contributed by atoms with Gasteiger partial charge in [-0.2, -0.15) is 9.38 Å². The van der Waals surface area contributed by atoms with Gasteiger partial charge in [-0.05, 0) is 34.2 Å². The molecule has 0 aliphatic rings. The monoisotopic (exact) mass is 372 g/mol. The van der Waals surface area contributed by atoms with Crippen LogP contribution in [0.2, 0.25) is 0 Å². The molecule has 0 bridgehead atoms. The van der Waals surface area contributed by atoms with Gasteiger partial charge in [-0.15, -0.1) is 21.5 Å². The van der Waals surface area contributed by atoms with Crippen LogP contribution in [0.15, 0.2) is 52.1 Å². The third-order valence-corrected chi connectivity index (χ3v) is 5.55. The number of pyridine rings is 1. The van der Waals surface area contributed by atoms with E-state index in [0.717, 1.165) is 17.6 Å². The van der Waals surface area contributed by atoms with Crippen molar-refractivity contribution in [3.05, 3.63) is 62.7 Å². The number of thiophene rings is 1. The van der Waals surface area contributed by atoms with Crippen molar-refractivity contribution in [2.24, 2.45) is 7.05 Å². The van der Waals surface area contributed by atoms with Gasteiger partial charge in [0.05, 0.1) is 6.20 Å². The molecule has 0 unspecified atom stereocenters. The van der Waals surface area contributed by atoms with Gasteiger partial charge in [-0.3, -0.25) is 0 Å². The van der Waals surface area contributed by atoms with Gasteiger partial charge in [0.25, 0.3) is 0 Å². The molecule has 0 spiro atoms. The van der Waals surface area contributed by atoms with Gasteiger partial charge in [0.15, 0.2) is 5.16 Å². The summed E-state index contributed by atoms with van der Waals surface area (Å²) >= 11 is 2.80. The lowest BCUT2D eigenvalue weighted by Crippen LogP contribution is -2.00. The number of hydrogen-bond acceptors (Lipinski definition) is 7. The van der Waals surface area contributed by atoms with Crippen molar-refractivity contribution in [2.75, 3.05) is 0 Å². The Morgan fingerprint density at radius 3 is 2.92 bits per heavy atom. The first kappa shape index (κ1) is 15.8. The van der Waals surface area contributed by atoms with E-state index in [1.54, 1.807) is 35.7 Å². The van der Waals surface area contributed by atoms with E-state index in [-0.39, 0.29) is 5.82 Å². The first-order valence-corrected chi connectivity index (χ1v) is 9.03. The molecular formula is C15H12N6O2S2. The summed E-state index contributed by atoms with van der Waals surface area (Å²) in [6.07, 6.45) is 2.30. The molecule has 25 heavy (non-hydrogen) atoms. The fourth-order valence-corrected chi connectivity index (χ4v) is 4.04. The third-order valence-electron chi connectivity index (χ3n) is 3.67. The SMILES string of the molecule is Cn1c(Cc2cccs2)nnc1Sc1nc2ccccn2c1[N+](=O)[O-]. The van der Waals surface area contributed by atoms with Gasteiger partial charge < -0.3 is 14.7 Å². The zero-order valence-electron chi connectivity index (χ0n) is 13.1. The summed E-state index contributed by atoms with van der Waals surface area (Å²) < 4.78 is 3.31. The smallest absolute Gasteiger partial charge is 0.358 e. The van der Waals surface area contributed by atoms with E-state index in [1.165, 1.54) is 9.28 Å². The maximum Gasteiger partial charge on any atom is 0.362 e. The summed E-state index contributed by atoms with van der Waals surface area (Å²) in [5.41, 5.74) is 0.526. The van der Waals surface area contributed by atoms with Crippen molar-refractivity contribution in [1.82, 2.24) is 24.1 Å². The molecule has 8 nitrogen and oxygen atoms in total. The Kier molecular flexibility index (Phi) is 3.98. The molecule has 0 N–H and O–H groups in total. The Bertz CT molecular complexity index is 1050. The molecule has 0 aliphatic carbocycles. The Morgan fingerprint density at radius 2 is 2.16 bits per heavy atom. The molecule has 0 radical (unpaired) electrons. The largest absolute Gasteiger partial charge is 0.362 e. The molecule has 0 saturated heterocycles. The predicted molar refractivity (Wildman–Crippen MR) is 94.1 cm³/mol. The van der Waals surface area contributed by atoms with E-state index < -0.39 is 4.92 Å². The van der Waals surface area contributed by atoms with Gasteiger partial charge in [0, 0.05) is 24.4 Å². The minimum absolute atomic E-state index is 0.0663. The maximum absolute atomic E-state index is 11.5. The zero-order chi connectivity index (χ0) is 17.4. The van der Waals surface area contributed by atoms with E-state index in [0.29, 0.717) is 22.3 Å². The highest BCUT2D eigenvalue weighted by Crippen LogP contribution is 2.34. The molecule has 126 valence electrons. The number of nitrogens with zero attached hydrogens (tertiary/aromatic N) is 6. The van der Waals surface area contributed by atoms with E-state index in [4.69, 9.17) is 0 Å². The van der Waals surface area contributed by atoms with Crippen LogP contribution >= 0.6 is 23.1 Å². The van der Waals surface area contributed by atoms with Gasteiger partial charge in [0.2, 0.25) is 10.7 Å². The number of fused-ring (bicyclic) bond motifs is 1. The molecule has 4 heterocycles.